The van der Waals surface area contributed by atoms with E-state index in [0.717, 1.165) is 12.8 Å². The fourth-order valence-electron chi connectivity index (χ4n) is 1.16. The first kappa shape index (κ1) is 12.6. The van der Waals surface area contributed by atoms with Crippen LogP contribution in [-0.4, -0.2) is 24.4 Å². The lowest BCUT2D eigenvalue weighted by atomic mass is 10.1. The van der Waals surface area contributed by atoms with Crippen molar-refractivity contribution >= 4 is 5.78 Å². The van der Waals surface area contributed by atoms with Crippen LogP contribution in [0.5, 0.6) is 0 Å². The Balaban J connectivity index is 3.50. The minimum atomic E-state index is 0.0477. The van der Waals surface area contributed by atoms with E-state index in [9.17, 15) is 4.79 Å². The molecule has 0 bridgehead atoms. The summed E-state index contributed by atoms with van der Waals surface area (Å²) in [6.07, 6.45) is 2.49. The molecule has 0 rings (SSSR count). The Kier molecular flexibility index (Phi) is 6.82. The molecular formula is C10H22N2O. The van der Waals surface area contributed by atoms with Gasteiger partial charge in [-0.15, -0.1) is 0 Å². The van der Waals surface area contributed by atoms with Gasteiger partial charge in [0.2, 0.25) is 0 Å². The molecule has 1 atom stereocenters. The van der Waals surface area contributed by atoms with E-state index in [1.807, 2.05) is 13.8 Å². The zero-order valence-electron chi connectivity index (χ0n) is 8.97. The van der Waals surface area contributed by atoms with E-state index in [2.05, 4.69) is 12.2 Å². The Morgan fingerprint density at radius 2 is 2.08 bits per heavy atom. The van der Waals surface area contributed by atoms with Gasteiger partial charge in [-0.05, 0) is 6.42 Å². The predicted octanol–water partition coefficient (Wildman–Crippen LogP) is 1.07. The van der Waals surface area contributed by atoms with Crippen LogP contribution >= 0.6 is 0 Å². The average Bonchev–Trinajstić information content (AvgIpc) is 2.01. The Hall–Kier alpha value is -0.410. The largest absolute Gasteiger partial charge is 0.327 e. The minimum absolute atomic E-state index is 0.0477. The molecule has 0 radical (unpaired) electrons. The third-order valence-electron chi connectivity index (χ3n) is 1.86. The molecule has 0 spiro atoms. The van der Waals surface area contributed by atoms with Crippen molar-refractivity contribution in [3.63, 3.8) is 0 Å². The summed E-state index contributed by atoms with van der Waals surface area (Å²) >= 11 is 0. The number of hydrogen-bond acceptors (Lipinski definition) is 3. The van der Waals surface area contributed by atoms with Crippen LogP contribution in [0.2, 0.25) is 0 Å². The van der Waals surface area contributed by atoms with E-state index in [4.69, 9.17) is 5.73 Å². The fraction of sp³-hybridized carbons (Fsp3) is 0.900. The van der Waals surface area contributed by atoms with Crippen LogP contribution in [0.3, 0.4) is 0 Å². The van der Waals surface area contributed by atoms with E-state index in [1.54, 1.807) is 0 Å². The summed E-state index contributed by atoms with van der Waals surface area (Å²) in [6.45, 7) is 6.59. The van der Waals surface area contributed by atoms with Crippen LogP contribution in [-0.2, 0) is 4.79 Å². The second-order valence-electron chi connectivity index (χ2n) is 3.83. The van der Waals surface area contributed by atoms with Gasteiger partial charge in [0.05, 0.1) is 6.54 Å². The van der Waals surface area contributed by atoms with Crippen LogP contribution in [0.25, 0.3) is 0 Å². The Bertz CT molecular complexity index is 146. The van der Waals surface area contributed by atoms with Gasteiger partial charge in [-0.25, -0.2) is 0 Å². The number of nitrogens with one attached hydrogen (secondary N) is 1. The zero-order chi connectivity index (χ0) is 10.3. The van der Waals surface area contributed by atoms with Gasteiger partial charge in [0.15, 0.2) is 0 Å². The molecule has 0 fully saturated rings. The van der Waals surface area contributed by atoms with E-state index in [0.29, 0.717) is 19.0 Å². The van der Waals surface area contributed by atoms with Gasteiger partial charge in [-0.1, -0.05) is 27.2 Å². The molecule has 3 N–H and O–H groups in total. The molecule has 0 amide bonds. The zero-order valence-corrected chi connectivity index (χ0v) is 8.97. The lowest BCUT2D eigenvalue weighted by molar-refractivity contribution is -0.118. The topological polar surface area (TPSA) is 55.1 Å². The van der Waals surface area contributed by atoms with E-state index < -0.39 is 0 Å². The van der Waals surface area contributed by atoms with Crippen molar-refractivity contribution in [2.24, 2.45) is 5.73 Å². The Labute approximate surface area is 81.1 Å². The number of nitrogens with two attached hydrogens (primary N) is 1. The summed E-state index contributed by atoms with van der Waals surface area (Å²) in [6, 6.07) is 0.415. The maximum Gasteiger partial charge on any atom is 0.148 e. The van der Waals surface area contributed by atoms with Crippen molar-refractivity contribution in [1.82, 2.24) is 5.32 Å². The summed E-state index contributed by atoms with van der Waals surface area (Å²) in [5.74, 6) is 0.217. The van der Waals surface area contributed by atoms with Gasteiger partial charge < -0.3 is 11.1 Å². The highest BCUT2D eigenvalue weighted by molar-refractivity contribution is 5.81. The number of carbonyl (C=O) groups is 1. The normalized spacial score (nSPS) is 13.3. The molecule has 0 saturated heterocycles. The third-order valence-corrected chi connectivity index (χ3v) is 1.86. The maximum absolute atomic E-state index is 11.3. The molecular weight excluding hydrogens is 164 g/mol. The highest BCUT2D eigenvalue weighted by Crippen LogP contribution is 1.98. The summed E-state index contributed by atoms with van der Waals surface area (Å²) < 4.78 is 0. The summed E-state index contributed by atoms with van der Waals surface area (Å²) in [5, 5.41) is 3.09. The molecule has 0 aromatic rings. The van der Waals surface area contributed by atoms with Gasteiger partial charge in [0.1, 0.15) is 5.78 Å². The average molecular weight is 186 g/mol. The molecule has 0 heterocycles. The quantitative estimate of drug-likeness (QED) is 0.625. The highest BCUT2D eigenvalue weighted by Gasteiger charge is 2.08. The number of Topliss-reactive ketones (excluding diaryl/α,β-unsaturated/α-hetero) is 1. The van der Waals surface area contributed by atoms with Gasteiger partial charge in [0.25, 0.3) is 0 Å². The van der Waals surface area contributed by atoms with Crippen LogP contribution in [0.4, 0.5) is 0 Å². The SMILES string of the molecule is CCCC(N)CC(=O)CNC(C)C. The first-order valence-corrected chi connectivity index (χ1v) is 5.07. The molecule has 78 valence electrons. The lowest BCUT2D eigenvalue weighted by Gasteiger charge is -2.11. The second-order valence-corrected chi connectivity index (χ2v) is 3.83. The van der Waals surface area contributed by atoms with Gasteiger partial charge in [-0.3, -0.25) is 4.79 Å². The van der Waals surface area contributed by atoms with Crippen molar-refractivity contribution in [2.45, 2.75) is 52.1 Å². The molecule has 0 aromatic heterocycles. The lowest BCUT2D eigenvalue weighted by Crippen LogP contribution is -2.33. The number of carbonyl (C=O) groups excluding carboxylic acids is 1. The number of ketones is 1. The molecule has 0 saturated carbocycles. The molecule has 0 aliphatic rings. The monoisotopic (exact) mass is 186 g/mol. The van der Waals surface area contributed by atoms with Crippen LogP contribution in [0.1, 0.15) is 40.0 Å². The number of hydrogen-bond donors (Lipinski definition) is 2. The van der Waals surface area contributed by atoms with E-state index in [1.165, 1.54) is 0 Å². The highest BCUT2D eigenvalue weighted by atomic mass is 16.1. The van der Waals surface area contributed by atoms with Crippen molar-refractivity contribution in [3.05, 3.63) is 0 Å². The maximum atomic E-state index is 11.3. The third kappa shape index (κ3) is 7.94. The second kappa shape index (κ2) is 7.04. The summed E-state index contributed by atoms with van der Waals surface area (Å²) in [5.41, 5.74) is 5.74. The van der Waals surface area contributed by atoms with Crippen LogP contribution in [0.15, 0.2) is 0 Å². The van der Waals surface area contributed by atoms with Crippen molar-refractivity contribution in [1.29, 1.82) is 0 Å². The predicted molar refractivity (Wildman–Crippen MR) is 55.6 cm³/mol. The number of rotatable bonds is 7. The van der Waals surface area contributed by atoms with Crippen LogP contribution in [0, 0.1) is 0 Å². The Morgan fingerprint density at radius 3 is 2.54 bits per heavy atom. The molecule has 3 nitrogen and oxygen atoms in total. The smallest absolute Gasteiger partial charge is 0.148 e. The fourth-order valence-corrected chi connectivity index (χ4v) is 1.16. The molecule has 13 heavy (non-hydrogen) atoms. The van der Waals surface area contributed by atoms with E-state index in [-0.39, 0.29) is 11.8 Å². The van der Waals surface area contributed by atoms with Gasteiger partial charge in [0, 0.05) is 18.5 Å². The molecule has 0 aliphatic carbocycles. The van der Waals surface area contributed by atoms with Gasteiger partial charge in [-0.2, -0.15) is 0 Å². The molecule has 1 unspecified atom stereocenters. The first-order chi connectivity index (χ1) is 6.06. The van der Waals surface area contributed by atoms with E-state index >= 15 is 0 Å². The van der Waals surface area contributed by atoms with Crippen molar-refractivity contribution in [3.8, 4) is 0 Å². The summed E-state index contributed by atoms with van der Waals surface area (Å²) in [7, 11) is 0. The van der Waals surface area contributed by atoms with Crippen molar-refractivity contribution in [2.75, 3.05) is 6.54 Å². The molecule has 3 heteroatoms. The standard InChI is InChI=1S/C10H22N2O/c1-4-5-9(11)6-10(13)7-12-8(2)3/h8-9,12H,4-7,11H2,1-3H3. The summed E-state index contributed by atoms with van der Waals surface area (Å²) in [4.78, 5) is 11.3. The van der Waals surface area contributed by atoms with Gasteiger partial charge >= 0.3 is 0 Å². The first-order valence-electron chi connectivity index (χ1n) is 5.07. The Morgan fingerprint density at radius 1 is 1.46 bits per heavy atom. The minimum Gasteiger partial charge on any atom is -0.327 e. The molecule has 0 aliphatic heterocycles. The van der Waals surface area contributed by atoms with Crippen molar-refractivity contribution < 1.29 is 4.79 Å². The molecule has 0 aromatic carbocycles. The van der Waals surface area contributed by atoms with Crippen LogP contribution < -0.4 is 11.1 Å².